The van der Waals surface area contributed by atoms with Gasteiger partial charge in [-0.2, -0.15) is 0 Å². The number of ketones is 1. The molecule has 1 N–H and O–H groups in total. The number of rotatable bonds is 6. The smallest absolute Gasteiger partial charge is 0.409 e. The van der Waals surface area contributed by atoms with Crippen molar-refractivity contribution in [2.75, 3.05) is 26.2 Å². The average Bonchev–Trinajstić information content (AvgIpc) is 2.69. The summed E-state index contributed by atoms with van der Waals surface area (Å²) in [6.07, 6.45) is 2.02. The summed E-state index contributed by atoms with van der Waals surface area (Å²) in [5.41, 5.74) is 2.68. The molecule has 2 aromatic rings. The van der Waals surface area contributed by atoms with Gasteiger partial charge in [-0.1, -0.05) is 12.1 Å². The summed E-state index contributed by atoms with van der Waals surface area (Å²) in [6.45, 7) is 3.40. The zero-order valence-electron chi connectivity index (χ0n) is 15.1. The van der Waals surface area contributed by atoms with Crippen LogP contribution in [-0.2, 0) is 4.74 Å². The molecule has 27 heavy (non-hydrogen) atoms. The molecule has 0 aliphatic carbocycles. The SMILES string of the molecule is CC(=O)c1ccc(-c2ccc(C(=O)NCCN3CCCOC3=O)cc2)nc1. The fraction of sp³-hybridized carbons (Fsp3) is 0.300. The van der Waals surface area contributed by atoms with E-state index in [0.717, 1.165) is 17.7 Å². The molecule has 1 saturated heterocycles. The van der Waals surface area contributed by atoms with E-state index in [1.54, 1.807) is 35.4 Å². The molecule has 0 radical (unpaired) electrons. The molecule has 0 bridgehead atoms. The Morgan fingerprint density at radius 2 is 1.89 bits per heavy atom. The van der Waals surface area contributed by atoms with Crippen molar-refractivity contribution in [3.8, 4) is 11.3 Å². The van der Waals surface area contributed by atoms with Crippen molar-refractivity contribution in [2.45, 2.75) is 13.3 Å². The molecular formula is C20H21N3O4. The number of Topliss-reactive ketones (excluding diaryl/α,β-unsaturated/α-hetero) is 1. The van der Waals surface area contributed by atoms with Crippen LogP contribution in [0, 0.1) is 0 Å². The van der Waals surface area contributed by atoms with Gasteiger partial charge in [-0.05, 0) is 37.6 Å². The minimum Gasteiger partial charge on any atom is -0.449 e. The first kappa shape index (κ1) is 18.6. The van der Waals surface area contributed by atoms with E-state index >= 15 is 0 Å². The normalized spacial score (nSPS) is 13.8. The first-order valence-corrected chi connectivity index (χ1v) is 8.82. The number of nitrogens with zero attached hydrogens (tertiary/aromatic N) is 2. The summed E-state index contributed by atoms with van der Waals surface area (Å²) < 4.78 is 4.96. The Morgan fingerprint density at radius 3 is 2.52 bits per heavy atom. The van der Waals surface area contributed by atoms with Crippen molar-refractivity contribution in [2.24, 2.45) is 0 Å². The van der Waals surface area contributed by atoms with E-state index in [1.807, 2.05) is 12.1 Å². The highest BCUT2D eigenvalue weighted by molar-refractivity contribution is 5.95. The van der Waals surface area contributed by atoms with Gasteiger partial charge in [0.05, 0.1) is 12.3 Å². The van der Waals surface area contributed by atoms with Gasteiger partial charge in [-0.15, -0.1) is 0 Å². The summed E-state index contributed by atoms with van der Waals surface area (Å²) in [7, 11) is 0. The van der Waals surface area contributed by atoms with Crippen LogP contribution in [0.15, 0.2) is 42.6 Å². The number of carbonyl (C=O) groups excluding carboxylic acids is 3. The molecule has 0 unspecified atom stereocenters. The molecule has 1 aliphatic rings. The summed E-state index contributed by atoms with van der Waals surface area (Å²) >= 11 is 0. The minimum absolute atomic E-state index is 0.0288. The third-order valence-electron chi connectivity index (χ3n) is 4.34. The third kappa shape index (κ3) is 4.69. The van der Waals surface area contributed by atoms with Crippen LogP contribution in [0.4, 0.5) is 4.79 Å². The zero-order valence-corrected chi connectivity index (χ0v) is 15.1. The predicted octanol–water partition coefficient (Wildman–Crippen LogP) is 2.52. The number of carbonyl (C=O) groups is 3. The topological polar surface area (TPSA) is 88.6 Å². The van der Waals surface area contributed by atoms with Crippen LogP contribution in [-0.4, -0.2) is 53.9 Å². The molecular weight excluding hydrogens is 346 g/mol. The molecule has 0 spiro atoms. The number of ether oxygens (including phenoxy) is 1. The first-order chi connectivity index (χ1) is 13.0. The molecule has 0 saturated carbocycles. The maximum absolute atomic E-state index is 12.2. The second-order valence-corrected chi connectivity index (χ2v) is 6.28. The second-order valence-electron chi connectivity index (χ2n) is 6.28. The summed E-state index contributed by atoms with van der Waals surface area (Å²) in [4.78, 5) is 40.9. The highest BCUT2D eigenvalue weighted by Gasteiger charge is 2.19. The first-order valence-electron chi connectivity index (χ1n) is 8.82. The lowest BCUT2D eigenvalue weighted by atomic mass is 10.1. The Kier molecular flexibility index (Phi) is 5.80. The fourth-order valence-electron chi connectivity index (χ4n) is 2.77. The van der Waals surface area contributed by atoms with Crippen molar-refractivity contribution >= 4 is 17.8 Å². The molecule has 0 atom stereocenters. The van der Waals surface area contributed by atoms with Gasteiger partial charge >= 0.3 is 6.09 Å². The number of aromatic nitrogens is 1. The number of hydrogen-bond acceptors (Lipinski definition) is 5. The van der Waals surface area contributed by atoms with Gasteiger partial charge < -0.3 is 15.0 Å². The van der Waals surface area contributed by atoms with Crippen LogP contribution in [0.2, 0.25) is 0 Å². The molecule has 1 aliphatic heterocycles. The molecule has 140 valence electrons. The fourth-order valence-corrected chi connectivity index (χ4v) is 2.77. The molecule has 1 fully saturated rings. The highest BCUT2D eigenvalue weighted by atomic mass is 16.6. The van der Waals surface area contributed by atoms with Crippen LogP contribution < -0.4 is 5.32 Å². The van der Waals surface area contributed by atoms with E-state index in [0.29, 0.717) is 37.4 Å². The molecule has 7 heteroatoms. The van der Waals surface area contributed by atoms with Gasteiger partial charge in [0.15, 0.2) is 5.78 Å². The molecule has 1 aromatic carbocycles. The zero-order chi connectivity index (χ0) is 19.2. The van der Waals surface area contributed by atoms with E-state index in [-0.39, 0.29) is 17.8 Å². The molecule has 7 nitrogen and oxygen atoms in total. The molecule has 3 rings (SSSR count). The van der Waals surface area contributed by atoms with Crippen LogP contribution in [0.1, 0.15) is 34.1 Å². The Labute approximate surface area is 157 Å². The Bertz CT molecular complexity index is 831. The second kappa shape index (κ2) is 8.44. The van der Waals surface area contributed by atoms with Gasteiger partial charge in [-0.25, -0.2) is 4.79 Å². The maximum atomic E-state index is 12.2. The van der Waals surface area contributed by atoms with E-state index in [4.69, 9.17) is 4.74 Å². The largest absolute Gasteiger partial charge is 0.449 e. The number of benzene rings is 1. The van der Waals surface area contributed by atoms with Crippen molar-refractivity contribution in [1.29, 1.82) is 0 Å². The van der Waals surface area contributed by atoms with E-state index < -0.39 is 0 Å². The highest BCUT2D eigenvalue weighted by Crippen LogP contribution is 2.18. The monoisotopic (exact) mass is 367 g/mol. The Hall–Kier alpha value is -3.22. The lowest BCUT2D eigenvalue weighted by Gasteiger charge is -2.26. The average molecular weight is 367 g/mol. The van der Waals surface area contributed by atoms with Gasteiger partial charge in [0.1, 0.15) is 0 Å². The summed E-state index contributed by atoms with van der Waals surface area (Å²) in [5, 5.41) is 2.80. The lowest BCUT2D eigenvalue weighted by molar-refractivity contribution is 0.0719. The standard InChI is InChI=1S/C20H21N3O4/c1-14(24)17-7-8-18(22-13-17)15-3-5-16(6-4-15)19(25)21-9-11-23-10-2-12-27-20(23)26/h3-8,13H,2,9-12H2,1H3,(H,21,25). The van der Waals surface area contributed by atoms with Crippen LogP contribution >= 0.6 is 0 Å². The van der Waals surface area contributed by atoms with Gasteiger partial charge in [-0.3, -0.25) is 14.6 Å². The minimum atomic E-state index is -0.330. The van der Waals surface area contributed by atoms with Crippen molar-refractivity contribution in [3.63, 3.8) is 0 Å². The van der Waals surface area contributed by atoms with E-state index in [9.17, 15) is 14.4 Å². The molecule has 2 amide bonds. The lowest BCUT2D eigenvalue weighted by Crippen LogP contribution is -2.42. The Balaban J connectivity index is 1.55. The van der Waals surface area contributed by atoms with Gasteiger partial charge in [0.25, 0.3) is 5.91 Å². The van der Waals surface area contributed by atoms with Crippen molar-refractivity contribution < 1.29 is 19.1 Å². The third-order valence-corrected chi connectivity index (χ3v) is 4.34. The number of nitrogens with one attached hydrogen (secondary N) is 1. The summed E-state index contributed by atoms with van der Waals surface area (Å²) in [6, 6.07) is 10.6. The molecule has 2 heterocycles. The number of hydrogen-bond donors (Lipinski definition) is 1. The van der Waals surface area contributed by atoms with E-state index in [2.05, 4.69) is 10.3 Å². The quantitative estimate of drug-likeness (QED) is 0.793. The number of pyridine rings is 1. The van der Waals surface area contributed by atoms with Crippen LogP contribution in [0.5, 0.6) is 0 Å². The Morgan fingerprint density at radius 1 is 1.15 bits per heavy atom. The predicted molar refractivity (Wildman–Crippen MR) is 99.5 cm³/mol. The van der Waals surface area contributed by atoms with Crippen LogP contribution in [0.3, 0.4) is 0 Å². The van der Waals surface area contributed by atoms with Crippen molar-refractivity contribution in [3.05, 3.63) is 53.7 Å². The van der Waals surface area contributed by atoms with E-state index in [1.165, 1.54) is 6.92 Å². The van der Waals surface area contributed by atoms with Gasteiger partial charge in [0.2, 0.25) is 0 Å². The van der Waals surface area contributed by atoms with Crippen molar-refractivity contribution in [1.82, 2.24) is 15.2 Å². The maximum Gasteiger partial charge on any atom is 0.409 e. The number of cyclic esters (lactones) is 1. The summed E-state index contributed by atoms with van der Waals surface area (Å²) in [5.74, 6) is -0.231. The molecule has 1 aromatic heterocycles. The van der Waals surface area contributed by atoms with Crippen LogP contribution in [0.25, 0.3) is 11.3 Å². The number of amides is 2. The van der Waals surface area contributed by atoms with Gasteiger partial charge in [0, 0.05) is 42.5 Å².